The first-order valence-corrected chi connectivity index (χ1v) is 10.6. The topological polar surface area (TPSA) is 114 Å². The summed E-state index contributed by atoms with van der Waals surface area (Å²) in [5.74, 6) is -2.20. The molecule has 0 spiro atoms. The molecule has 0 fully saturated rings. The minimum atomic E-state index is -0.628. The SMILES string of the molecule is O=C(CCCC(=O)OCC(=O)Nc1ccc(Br)c(Cl)c1)NNC(=O)c1ccccc1Cl. The largest absolute Gasteiger partial charge is 0.456 e. The summed E-state index contributed by atoms with van der Waals surface area (Å²) in [4.78, 5) is 47.3. The lowest BCUT2D eigenvalue weighted by Crippen LogP contribution is -2.41. The number of nitrogens with one attached hydrogen (secondary N) is 3. The van der Waals surface area contributed by atoms with Crippen LogP contribution in [0.25, 0.3) is 0 Å². The molecule has 0 heterocycles. The van der Waals surface area contributed by atoms with Gasteiger partial charge < -0.3 is 10.1 Å². The minimum absolute atomic E-state index is 0.0263. The van der Waals surface area contributed by atoms with Gasteiger partial charge in [-0.25, -0.2) is 0 Å². The Labute approximate surface area is 196 Å². The Balaban J connectivity index is 1.62. The molecule has 0 aliphatic heterocycles. The van der Waals surface area contributed by atoms with Gasteiger partial charge in [0.05, 0.1) is 15.6 Å². The second kappa shape index (κ2) is 12.3. The van der Waals surface area contributed by atoms with Gasteiger partial charge in [-0.15, -0.1) is 0 Å². The summed E-state index contributed by atoms with van der Waals surface area (Å²) in [5.41, 5.74) is 5.17. The van der Waals surface area contributed by atoms with E-state index >= 15 is 0 Å². The number of rotatable bonds is 8. The van der Waals surface area contributed by atoms with Crippen LogP contribution in [0.2, 0.25) is 10.0 Å². The van der Waals surface area contributed by atoms with E-state index in [1.54, 1.807) is 36.4 Å². The van der Waals surface area contributed by atoms with Crippen LogP contribution in [-0.4, -0.2) is 30.3 Å². The highest BCUT2D eigenvalue weighted by Crippen LogP contribution is 2.25. The highest BCUT2D eigenvalue weighted by atomic mass is 79.9. The molecule has 3 amide bonds. The molecule has 31 heavy (non-hydrogen) atoms. The number of esters is 1. The van der Waals surface area contributed by atoms with Crippen LogP contribution >= 0.6 is 39.1 Å². The Bertz CT molecular complexity index is 987. The van der Waals surface area contributed by atoms with Crippen molar-refractivity contribution in [3.05, 3.63) is 62.5 Å². The van der Waals surface area contributed by atoms with E-state index in [4.69, 9.17) is 27.9 Å². The van der Waals surface area contributed by atoms with Crippen molar-refractivity contribution in [2.45, 2.75) is 19.3 Å². The lowest BCUT2D eigenvalue weighted by molar-refractivity contribution is -0.147. The molecule has 0 saturated carbocycles. The maximum absolute atomic E-state index is 11.9. The van der Waals surface area contributed by atoms with Crippen LogP contribution in [0.15, 0.2) is 46.9 Å². The summed E-state index contributed by atoms with van der Waals surface area (Å²) in [5, 5.41) is 3.23. The maximum atomic E-state index is 11.9. The van der Waals surface area contributed by atoms with Crippen molar-refractivity contribution in [2.24, 2.45) is 0 Å². The van der Waals surface area contributed by atoms with Gasteiger partial charge in [0.1, 0.15) is 0 Å². The van der Waals surface area contributed by atoms with Crippen molar-refractivity contribution in [1.82, 2.24) is 10.9 Å². The Morgan fingerprint density at radius 3 is 2.35 bits per heavy atom. The zero-order chi connectivity index (χ0) is 22.8. The summed E-state index contributed by atoms with van der Waals surface area (Å²) in [7, 11) is 0. The van der Waals surface area contributed by atoms with Gasteiger partial charge in [0.25, 0.3) is 11.8 Å². The van der Waals surface area contributed by atoms with Crippen LogP contribution in [0, 0.1) is 0 Å². The van der Waals surface area contributed by atoms with Gasteiger partial charge in [-0.3, -0.25) is 30.0 Å². The molecule has 0 atom stereocenters. The van der Waals surface area contributed by atoms with Crippen molar-refractivity contribution < 1.29 is 23.9 Å². The number of anilines is 1. The fourth-order valence-corrected chi connectivity index (χ4v) is 2.93. The van der Waals surface area contributed by atoms with E-state index in [-0.39, 0.29) is 29.8 Å². The number of hydrogen-bond donors (Lipinski definition) is 3. The molecule has 0 saturated heterocycles. The normalized spacial score (nSPS) is 10.2. The van der Waals surface area contributed by atoms with Gasteiger partial charge in [-0.05, 0) is 52.7 Å². The van der Waals surface area contributed by atoms with Crippen molar-refractivity contribution in [1.29, 1.82) is 0 Å². The van der Waals surface area contributed by atoms with Gasteiger partial charge in [-0.1, -0.05) is 35.3 Å². The molecule has 0 bridgehead atoms. The predicted octanol–water partition coefficient (Wildman–Crippen LogP) is 3.87. The lowest BCUT2D eigenvalue weighted by atomic mass is 10.2. The molecule has 0 unspecified atom stereocenters. The molecule has 2 rings (SSSR count). The predicted molar refractivity (Wildman–Crippen MR) is 120 cm³/mol. The number of hydrogen-bond acceptors (Lipinski definition) is 5. The number of amides is 3. The summed E-state index contributed by atoms with van der Waals surface area (Å²) >= 11 is 15.1. The van der Waals surface area contributed by atoms with Crippen molar-refractivity contribution in [3.63, 3.8) is 0 Å². The zero-order valence-electron chi connectivity index (χ0n) is 16.0. The second-order valence-electron chi connectivity index (χ2n) is 6.17. The standard InChI is InChI=1S/C20H18BrCl2N3O5/c21-14-9-8-12(10-16(14)23)24-18(28)11-31-19(29)7-3-6-17(27)25-26-20(30)13-4-1-2-5-15(13)22/h1-2,4-5,8-10H,3,6-7,11H2,(H,24,28)(H,25,27)(H,26,30). The van der Waals surface area contributed by atoms with Crippen molar-refractivity contribution in [3.8, 4) is 0 Å². The molecule has 11 heteroatoms. The second-order valence-corrected chi connectivity index (χ2v) is 7.84. The minimum Gasteiger partial charge on any atom is -0.456 e. The third-order valence-corrected chi connectivity index (χ3v) is 5.35. The number of carbonyl (C=O) groups is 4. The Morgan fingerprint density at radius 2 is 1.65 bits per heavy atom. The Morgan fingerprint density at radius 1 is 0.903 bits per heavy atom. The highest BCUT2D eigenvalue weighted by Gasteiger charge is 2.12. The van der Waals surface area contributed by atoms with E-state index in [2.05, 4.69) is 32.1 Å². The van der Waals surface area contributed by atoms with Crippen LogP contribution in [0.5, 0.6) is 0 Å². The summed E-state index contributed by atoms with van der Waals surface area (Å²) in [6.07, 6.45) is 0.0847. The molecular weight excluding hydrogens is 513 g/mol. The van der Waals surface area contributed by atoms with Gasteiger partial charge in [0.2, 0.25) is 5.91 Å². The van der Waals surface area contributed by atoms with Crippen LogP contribution in [0.3, 0.4) is 0 Å². The summed E-state index contributed by atoms with van der Waals surface area (Å²) in [6.45, 7) is -0.466. The molecule has 3 N–H and O–H groups in total. The average molecular weight is 531 g/mol. The van der Waals surface area contributed by atoms with Gasteiger partial charge in [0.15, 0.2) is 6.61 Å². The zero-order valence-corrected chi connectivity index (χ0v) is 19.1. The van der Waals surface area contributed by atoms with Crippen LogP contribution in [-0.2, 0) is 19.1 Å². The molecule has 0 aromatic heterocycles. The van der Waals surface area contributed by atoms with Crippen LogP contribution in [0.4, 0.5) is 5.69 Å². The average Bonchev–Trinajstić information content (AvgIpc) is 2.73. The summed E-state index contributed by atoms with van der Waals surface area (Å²) < 4.78 is 5.56. The fraction of sp³-hybridized carbons (Fsp3) is 0.200. The monoisotopic (exact) mass is 529 g/mol. The number of benzene rings is 2. The molecule has 0 aliphatic carbocycles. The van der Waals surface area contributed by atoms with Gasteiger partial charge in [0, 0.05) is 23.0 Å². The van der Waals surface area contributed by atoms with Crippen molar-refractivity contribution in [2.75, 3.05) is 11.9 Å². The van der Waals surface area contributed by atoms with Crippen LogP contribution < -0.4 is 16.2 Å². The van der Waals surface area contributed by atoms with Crippen molar-refractivity contribution >= 4 is 68.5 Å². The molecule has 8 nitrogen and oxygen atoms in total. The lowest BCUT2D eigenvalue weighted by Gasteiger charge is -2.09. The third kappa shape index (κ3) is 8.56. The van der Waals surface area contributed by atoms with E-state index in [0.29, 0.717) is 15.2 Å². The first kappa shape index (κ1) is 24.6. The summed E-state index contributed by atoms with van der Waals surface area (Å²) in [6, 6.07) is 11.2. The first-order valence-electron chi connectivity index (χ1n) is 9.00. The number of ether oxygens (including phenoxy) is 1. The molecular formula is C20H18BrCl2N3O5. The molecule has 0 radical (unpaired) electrons. The fourth-order valence-electron chi connectivity index (χ4n) is 2.28. The van der Waals surface area contributed by atoms with E-state index in [0.717, 1.165) is 0 Å². The molecule has 164 valence electrons. The molecule has 0 aliphatic rings. The number of carbonyl (C=O) groups excluding carboxylic acids is 4. The first-order chi connectivity index (χ1) is 14.8. The Hall–Kier alpha value is -2.62. The van der Waals surface area contributed by atoms with Gasteiger partial charge in [-0.2, -0.15) is 0 Å². The molecule has 2 aromatic carbocycles. The third-order valence-electron chi connectivity index (χ3n) is 3.79. The number of halogens is 3. The highest BCUT2D eigenvalue weighted by molar-refractivity contribution is 9.10. The maximum Gasteiger partial charge on any atom is 0.306 e. The number of hydrazine groups is 1. The van der Waals surface area contributed by atoms with E-state index < -0.39 is 30.3 Å². The van der Waals surface area contributed by atoms with Gasteiger partial charge >= 0.3 is 5.97 Å². The van der Waals surface area contributed by atoms with E-state index in [1.807, 2.05) is 0 Å². The van der Waals surface area contributed by atoms with E-state index in [1.165, 1.54) is 6.07 Å². The Kier molecular flexibility index (Phi) is 9.77. The van der Waals surface area contributed by atoms with Crippen LogP contribution in [0.1, 0.15) is 29.6 Å². The van der Waals surface area contributed by atoms with E-state index in [9.17, 15) is 19.2 Å². The molecule has 2 aromatic rings. The smallest absolute Gasteiger partial charge is 0.306 e. The quantitative estimate of drug-likeness (QED) is 0.354.